The van der Waals surface area contributed by atoms with Crippen molar-refractivity contribution in [1.82, 2.24) is 19.7 Å². The van der Waals surface area contributed by atoms with Crippen molar-refractivity contribution in [2.45, 2.75) is 18.9 Å². The smallest absolute Gasteiger partial charge is 0.259 e. The number of carbonyl (C=O) groups is 1. The van der Waals surface area contributed by atoms with E-state index in [-0.39, 0.29) is 22.8 Å². The molecular formula is C22H26N6O3. The number of ether oxygens (including phenoxy) is 1. The van der Waals surface area contributed by atoms with Crippen LogP contribution in [0.2, 0.25) is 0 Å². The molecule has 162 valence electrons. The number of phenolic OH excluding ortho intramolecular Hbond substituents is 1. The lowest BCUT2D eigenvalue weighted by atomic mass is 10.1. The Morgan fingerprint density at radius 1 is 1.23 bits per heavy atom. The number of aromatic hydroxyl groups is 1. The number of rotatable bonds is 5. The lowest BCUT2D eigenvalue weighted by Gasteiger charge is -2.28. The summed E-state index contributed by atoms with van der Waals surface area (Å²) in [5.74, 6) is 0.0297. The van der Waals surface area contributed by atoms with E-state index in [0.717, 1.165) is 37.1 Å². The number of hydrogen-bond donors (Lipinski definition) is 3. The Morgan fingerprint density at radius 2 is 2.00 bits per heavy atom. The summed E-state index contributed by atoms with van der Waals surface area (Å²) in [6, 6.07) is 6.68. The van der Waals surface area contributed by atoms with Gasteiger partial charge in [0.1, 0.15) is 17.3 Å². The molecule has 0 radical (unpaired) electrons. The Morgan fingerprint density at radius 3 is 2.71 bits per heavy atom. The van der Waals surface area contributed by atoms with Crippen molar-refractivity contribution in [2.75, 3.05) is 38.3 Å². The van der Waals surface area contributed by atoms with E-state index >= 15 is 0 Å². The van der Waals surface area contributed by atoms with Crippen LogP contribution in [-0.4, -0.2) is 57.9 Å². The molecule has 4 N–H and O–H groups in total. The van der Waals surface area contributed by atoms with Gasteiger partial charge in [-0.3, -0.25) is 9.48 Å². The van der Waals surface area contributed by atoms with Crippen molar-refractivity contribution in [1.29, 1.82) is 0 Å². The SMILES string of the molecule is COc1ccc(NC(=O)c2cc(-c3cnn(C4CCN(C)CC4)c3)cnc2N)c(O)c1. The van der Waals surface area contributed by atoms with E-state index in [2.05, 4.69) is 27.3 Å². The molecule has 1 aliphatic heterocycles. The molecule has 9 heteroatoms. The number of pyridine rings is 1. The second-order valence-electron chi connectivity index (χ2n) is 7.74. The fourth-order valence-corrected chi connectivity index (χ4v) is 3.70. The van der Waals surface area contributed by atoms with E-state index in [4.69, 9.17) is 10.5 Å². The molecule has 4 rings (SSSR count). The number of nitrogens with one attached hydrogen (secondary N) is 1. The number of nitrogens with zero attached hydrogens (tertiary/aromatic N) is 4. The second kappa shape index (κ2) is 8.65. The first-order chi connectivity index (χ1) is 14.9. The van der Waals surface area contributed by atoms with Crippen molar-refractivity contribution in [3.05, 3.63) is 48.4 Å². The number of carbonyl (C=O) groups excluding carboxylic acids is 1. The van der Waals surface area contributed by atoms with Gasteiger partial charge in [-0.25, -0.2) is 4.98 Å². The third-order valence-corrected chi connectivity index (χ3v) is 5.61. The van der Waals surface area contributed by atoms with Crippen LogP contribution < -0.4 is 15.8 Å². The normalized spacial score (nSPS) is 15.0. The molecule has 1 saturated heterocycles. The van der Waals surface area contributed by atoms with Crippen molar-refractivity contribution >= 4 is 17.4 Å². The molecule has 1 aromatic carbocycles. The Kier molecular flexibility index (Phi) is 5.77. The highest BCUT2D eigenvalue weighted by atomic mass is 16.5. The number of nitrogen functional groups attached to an aromatic ring is 1. The number of nitrogens with two attached hydrogens (primary N) is 1. The predicted octanol–water partition coefficient (Wildman–Crippen LogP) is 2.76. The molecule has 0 aliphatic carbocycles. The summed E-state index contributed by atoms with van der Waals surface area (Å²) in [7, 11) is 3.63. The minimum atomic E-state index is -0.463. The number of methoxy groups -OCH3 is 1. The molecule has 3 heterocycles. The molecule has 1 aliphatic rings. The molecule has 1 fully saturated rings. The van der Waals surface area contributed by atoms with E-state index in [1.165, 1.54) is 13.2 Å². The highest BCUT2D eigenvalue weighted by molar-refractivity contribution is 6.08. The first kappa shape index (κ1) is 20.7. The summed E-state index contributed by atoms with van der Waals surface area (Å²) >= 11 is 0. The van der Waals surface area contributed by atoms with Crippen LogP contribution in [0.5, 0.6) is 11.5 Å². The average molecular weight is 422 g/mol. The fraction of sp³-hybridized carbons (Fsp3) is 0.318. The topological polar surface area (TPSA) is 119 Å². The zero-order valence-corrected chi connectivity index (χ0v) is 17.6. The standard InChI is InChI=1S/C22H26N6O3/c1-27-7-5-16(6-8-27)28-13-15(12-25-28)14-9-18(21(23)24-11-14)22(30)26-19-4-3-17(31-2)10-20(19)29/h3-4,9-13,16,29H,5-8H2,1-2H3,(H2,23,24)(H,26,30). The molecule has 9 nitrogen and oxygen atoms in total. The summed E-state index contributed by atoms with van der Waals surface area (Å²) in [6.07, 6.45) is 7.50. The highest BCUT2D eigenvalue weighted by Crippen LogP contribution is 2.30. The minimum absolute atomic E-state index is 0.102. The molecule has 0 bridgehead atoms. The van der Waals surface area contributed by atoms with Gasteiger partial charge in [-0.1, -0.05) is 0 Å². The van der Waals surface area contributed by atoms with Gasteiger partial charge in [-0.05, 0) is 51.2 Å². The number of hydrogen-bond acceptors (Lipinski definition) is 7. The lowest BCUT2D eigenvalue weighted by molar-refractivity contribution is 0.102. The van der Waals surface area contributed by atoms with Gasteiger partial charge < -0.3 is 25.8 Å². The number of likely N-dealkylation sites (tertiary alicyclic amines) is 1. The van der Waals surface area contributed by atoms with E-state index in [1.807, 2.05) is 10.9 Å². The first-order valence-corrected chi connectivity index (χ1v) is 10.1. The molecule has 0 spiro atoms. The van der Waals surface area contributed by atoms with Crippen molar-refractivity contribution in [3.63, 3.8) is 0 Å². The maximum absolute atomic E-state index is 12.8. The van der Waals surface area contributed by atoms with Crippen LogP contribution in [0.1, 0.15) is 29.2 Å². The Balaban J connectivity index is 1.54. The molecule has 0 unspecified atom stereocenters. The number of phenols is 1. The molecular weight excluding hydrogens is 396 g/mol. The first-order valence-electron chi connectivity index (χ1n) is 10.1. The number of aromatic nitrogens is 3. The van der Waals surface area contributed by atoms with Crippen LogP contribution in [-0.2, 0) is 0 Å². The van der Waals surface area contributed by atoms with Crippen LogP contribution in [0.4, 0.5) is 11.5 Å². The minimum Gasteiger partial charge on any atom is -0.506 e. The summed E-state index contributed by atoms with van der Waals surface area (Å²) < 4.78 is 7.06. The van der Waals surface area contributed by atoms with Gasteiger partial charge in [-0.2, -0.15) is 5.10 Å². The molecule has 3 aromatic rings. The summed E-state index contributed by atoms with van der Waals surface area (Å²) in [5.41, 5.74) is 8.05. The quantitative estimate of drug-likeness (QED) is 0.541. The number of anilines is 2. The maximum atomic E-state index is 12.8. The Hall–Kier alpha value is -3.59. The number of amides is 1. The molecule has 0 atom stereocenters. The van der Waals surface area contributed by atoms with Gasteiger partial charge in [-0.15, -0.1) is 0 Å². The van der Waals surface area contributed by atoms with Gasteiger partial charge in [0.15, 0.2) is 0 Å². The third kappa shape index (κ3) is 4.46. The van der Waals surface area contributed by atoms with Gasteiger partial charge in [0.05, 0.1) is 30.6 Å². The van der Waals surface area contributed by atoms with Crippen molar-refractivity contribution in [2.24, 2.45) is 0 Å². The van der Waals surface area contributed by atoms with Crippen LogP contribution in [0.25, 0.3) is 11.1 Å². The maximum Gasteiger partial charge on any atom is 0.259 e. The summed E-state index contributed by atoms with van der Waals surface area (Å²) in [6.45, 7) is 2.09. The van der Waals surface area contributed by atoms with Crippen LogP contribution in [0, 0.1) is 0 Å². The monoisotopic (exact) mass is 422 g/mol. The summed E-state index contributed by atoms with van der Waals surface area (Å²) in [4.78, 5) is 19.3. The van der Waals surface area contributed by atoms with Gasteiger partial charge in [0.2, 0.25) is 0 Å². The van der Waals surface area contributed by atoms with Gasteiger partial charge in [0, 0.05) is 29.6 Å². The van der Waals surface area contributed by atoms with Crippen LogP contribution in [0.15, 0.2) is 42.9 Å². The number of piperidine rings is 1. The van der Waals surface area contributed by atoms with Crippen molar-refractivity contribution in [3.8, 4) is 22.6 Å². The van der Waals surface area contributed by atoms with E-state index in [0.29, 0.717) is 11.8 Å². The van der Waals surface area contributed by atoms with Crippen molar-refractivity contribution < 1.29 is 14.6 Å². The highest BCUT2D eigenvalue weighted by Gasteiger charge is 2.20. The molecule has 31 heavy (non-hydrogen) atoms. The largest absolute Gasteiger partial charge is 0.506 e. The van der Waals surface area contributed by atoms with E-state index in [1.54, 1.807) is 30.6 Å². The fourth-order valence-electron chi connectivity index (χ4n) is 3.70. The predicted molar refractivity (Wildman–Crippen MR) is 118 cm³/mol. The van der Waals surface area contributed by atoms with Gasteiger partial charge >= 0.3 is 0 Å². The van der Waals surface area contributed by atoms with Gasteiger partial charge in [0.25, 0.3) is 5.91 Å². The second-order valence-corrected chi connectivity index (χ2v) is 7.74. The van der Waals surface area contributed by atoms with E-state index in [9.17, 15) is 9.90 Å². The molecule has 2 aromatic heterocycles. The third-order valence-electron chi connectivity index (χ3n) is 5.61. The summed E-state index contributed by atoms with van der Waals surface area (Å²) in [5, 5.41) is 17.3. The van der Waals surface area contributed by atoms with Crippen LogP contribution >= 0.6 is 0 Å². The lowest BCUT2D eigenvalue weighted by Crippen LogP contribution is -2.31. The zero-order chi connectivity index (χ0) is 22.0. The number of benzene rings is 1. The molecule has 0 saturated carbocycles. The Bertz CT molecular complexity index is 1090. The van der Waals surface area contributed by atoms with Crippen LogP contribution in [0.3, 0.4) is 0 Å². The Labute approximate surface area is 180 Å². The van der Waals surface area contributed by atoms with E-state index < -0.39 is 5.91 Å². The zero-order valence-electron chi connectivity index (χ0n) is 17.6. The average Bonchev–Trinajstić information content (AvgIpc) is 3.26. The molecule has 1 amide bonds.